The fourth-order valence-corrected chi connectivity index (χ4v) is 3.35. The molecule has 0 aromatic rings. The number of aliphatic hydroxyl groups is 1. The number of amides is 2. The Balaban J connectivity index is 1.53. The minimum absolute atomic E-state index is 0.111. The van der Waals surface area contributed by atoms with Gasteiger partial charge in [-0.05, 0) is 43.4 Å². The second kappa shape index (κ2) is 5.24. The van der Waals surface area contributed by atoms with Gasteiger partial charge >= 0.3 is 12.0 Å². The van der Waals surface area contributed by atoms with Gasteiger partial charge in [0.05, 0.1) is 6.10 Å². The molecule has 1 aliphatic heterocycles. The van der Waals surface area contributed by atoms with E-state index in [4.69, 9.17) is 5.11 Å². The lowest BCUT2D eigenvalue weighted by Gasteiger charge is -2.23. The van der Waals surface area contributed by atoms with Crippen LogP contribution in [0.25, 0.3) is 0 Å². The minimum Gasteiger partial charge on any atom is -0.480 e. The van der Waals surface area contributed by atoms with Gasteiger partial charge in [0.2, 0.25) is 0 Å². The van der Waals surface area contributed by atoms with Crippen LogP contribution in [0.3, 0.4) is 0 Å². The van der Waals surface area contributed by atoms with Crippen molar-refractivity contribution < 1.29 is 19.8 Å². The first kappa shape index (κ1) is 13.7. The third-order valence-electron chi connectivity index (χ3n) is 4.77. The van der Waals surface area contributed by atoms with Crippen LogP contribution in [0.1, 0.15) is 32.1 Å². The van der Waals surface area contributed by atoms with Gasteiger partial charge in [-0.3, -0.25) is 0 Å². The van der Waals surface area contributed by atoms with E-state index in [1.165, 1.54) is 30.6 Å². The van der Waals surface area contributed by atoms with E-state index >= 15 is 0 Å². The molecule has 3 rings (SSSR count). The lowest BCUT2D eigenvalue weighted by molar-refractivity contribution is -0.141. The van der Waals surface area contributed by atoms with Crippen LogP contribution in [0.15, 0.2) is 0 Å². The van der Waals surface area contributed by atoms with Crippen LogP contribution in [0.5, 0.6) is 0 Å². The van der Waals surface area contributed by atoms with Crippen molar-refractivity contribution in [3.8, 4) is 0 Å². The normalized spacial score (nSPS) is 29.8. The van der Waals surface area contributed by atoms with Crippen molar-refractivity contribution in [1.82, 2.24) is 10.2 Å². The molecule has 0 bridgehead atoms. The minimum atomic E-state index is -1.04. The molecule has 2 atom stereocenters. The lowest BCUT2D eigenvalue weighted by Crippen LogP contribution is -2.47. The zero-order valence-corrected chi connectivity index (χ0v) is 11.5. The Bertz CT molecular complexity index is 394. The maximum absolute atomic E-state index is 12.1. The molecule has 3 aliphatic rings. The molecule has 2 amide bonds. The summed E-state index contributed by atoms with van der Waals surface area (Å²) in [5, 5.41) is 21.5. The van der Waals surface area contributed by atoms with Gasteiger partial charge in [-0.1, -0.05) is 0 Å². The molecule has 2 aliphatic carbocycles. The first-order valence-electron chi connectivity index (χ1n) is 7.51. The maximum atomic E-state index is 12.1. The number of carboxylic acids is 1. The van der Waals surface area contributed by atoms with Crippen molar-refractivity contribution >= 4 is 12.0 Å². The van der Waals surface area contributed by atoms with Gasteiger partial charge in [-0.15, -0.1) is 0 Å². The van der Waals surface area contributed by atoms with Crippen LogP contribution in [-0.2, 0) is 4.79 Å². The summed E-state index contributed by atoms with van der Waals surface area (Å²) in [5.74, 6) is 1.02. The summed E-state index contributed by atoms with van der Waals surface area (Å²) in [5.41, 5.74) is 0. The van der Waals surface area contributed by atoms with E-state index in [1.54, 1.807) is 0 Å². The van der Waals surface area contributed by atoms with Crippen molar-refractivity contribution in [2.75, 3.05) is 13.1 Å². The summed E-state index contributed by atoms with van der Waals surface area (Å²) in [6.07, 6.45) is 4.44. The summed E-state index contributed by atoms with van der Waals surface area (Å²) in [6, 6.07) is -1.24. The summed E-state index contributed by atoms with van der Waals surface area (Å²) in [6.45, 7) is 0.757. The molecular formula is C14H22N2O4. The molecule has 3 N–H and O–H groups in total. The molecule has 1 saturated heterocycles. The number of aliphatic carboxylic acids is 1. The third-order valence-corrected chi connectivity index (χ3v) is 4.77. The highest BCUT2D eigenvalue weighted by molar-refractivity contribution is 5.83. The molecule has 3 fully saturated rings. The second-order valence-electron chi connectivity index (χ2n) is 6.42. The van der Waals surface area contributed by atoms with E-state index < -0.39 is 18.1 Å². The van der Waals surface area contributed by atoms with Crippen molar-refractivity contribution in [3.63, 3.8) is 0 Å². The van der Waals surface area contributed by atoms with E-state index in [-0.39, 0.29) is 19.0 Å². The van der Waals surface area contributed by atoms with Crippen LogP contribution >= 0.6 is 0 Å². The molecule has 112 valence electrons. The molecule has 6 nitrogen and oxygen atoms in total. The molecule has 0 aromatic carbocycles. The third kappa shape index (κ3) is 2.90. The first-order valence-corrected chi connectivity index (χ1v) is 7.51. The highest BCUT2D eigenvalue weighted by Crippen LogP contribution is 2.48. The van der Waals surface area contributed by atoms with E-state index in [9.17, 15) is 14.7 Å². The largest absolute Gasteiger partial charge is 0.480 e. The van der Waals surface area contributed by atoms with E-state index in [0.29, 0.717) is 12.5 Å². The Morgan fingerprint density at radius 3 is 2.30 bits per heavy atom. The van der Waals surface area contributed by atoms with E-state index in [2.05, 4.69) is 5.32 Å². The molecule has 6 heteroatoms. The Kier molecular flexibility index (Phi) is 3.58. The van der Waals surface area contributed by atoms with Crippen LogP contribution in [-0.4, -0.2) is 52.3 Å². The quantitative estimate of drug-likeness (QED) is 0.690. The topological polar surface area (TPSA) is 89.9 Å². The number of carbonyl (C=O) groups is 2. The smallest absolute Gasteiger partial charge is 0.326 e. The van der Waals surface area contributed by atoms with E-state index in [0.717, 1.165) is 11.8 Å². The summed E-state index contributed by atoms with van der Waals surface area (Å²) in [7, 11) is 0. The molecule has 0 unspecified atom stereocenters. The number of nitrogens with zero attached hydrogens (tertiary/aromatic N) is 1. The Hall–Kier alpha value is -1.30. The monoisotopic (exact) mass is 282 g/mol. The number of carbonyl (C=O) groups excluding carboxylic acids is 1. The number of hydrogen-bond acceptors (Lipinski definition) is 3. The number of β-amino-alcohol motifs (C(OH)–C–C–N with tert-alkyl or cyclic N) is 1. The maximum Gasteiger partial charge on any atom is 0.326 e. The van der Waals surface area contributed by atoms with Crippen molar-refractivity contribution in [3.05, 3.63) is 0 Å². The molecule has 0 spiro atoms. The summed E-state index contributed by atoms with van der Waals surface area (Å²) in [4.78, 5) is 24.5. The predicted octanol–water partition coefficient (Wildman–Crippen LogP) is 0.652. The van der Waals surface area contributed by atoms with Gasteiger partial charge < -0.3 is 20.4 Å². The SMILES string of the molecule is O=C(O)[C@@H]1C[C@H](O)CN1C(=O)NCC(C1CC1)C1CC1. The second-order valence-corrected chi connectivity index (χ2v) is 6.42. The molecule has 20 heavy (non-hydrogen) atoms. The number of aliphatic hydroxyl groups excluding tert-OH is 1. The van der Waals surface area contributed by atoms with Gasteiger partial charge in [0.1, 0.15) is 6.04 Å². The average molecular weight is 282 g/mol. The number of urea groups is 1. The fourth-order valence-electron chi connectivity index (χ4n) is 3.35. The van der Waals surface area contributed by atoms with Crippen LogP contribution in [0.2, 0.25) is 0 Å². The molecule has 1 heterocycles. The van der Waals surface area contributed by atoms with Crippen molar-refractivity contribution in [1.29, 1.82) is 0 Å². The summed E-state index contributed by atoms with van der Waals surface area (Å²) >= 11 is 0. The van der Waals surface area contributed by atoms with E-state index in [1.807, 2.05) is 0 Å². The Labute approximate surface area is 118 Å². The van der Waals surface area contributed by atoms with Crippen LogP contribution in [0.4, 0.5) is 4.79 Å². The fraction of sp³-hybridized carbons (Fsp3) is 0.857. The van der Waals surface area contributed by atoms with Gasteiger partial charge in [-0.25, -0.2) is 9.59 Å². The van der Waals surface area contributed by atoms with Crippen LogP contribution < -0.4 is 5.32 Å². The molecule has 0 radical (unpaired) electrons. The zero-order valence-electron chi connectivity index (χ0n) is 11.5. The molecule has 2 saturated carbocycles. The van der Waals surface area contributed by atoms with Gasteiger partial charge in [0.15, 0.2) is 0 Å². The first-order chi connectivity index (χ1) is 9.56. The zero-order chi connectivity index (χ0) is 14.3. The average Bonchev–Trinajstić information content (AvgIpc) is 3.29. The Morgan fingerprint density at radius 1 is 1.20 bits per heavy atom. The van der Waals surface area contributed by atoms with Crippen molar-refractivity contribution in [2.24, 2.45) is 17.8 Å². The number of rotatable bonds is 5. The number of nitrogens with one attached hydrogen (secondary N) is 1. The van der Waals surface area contributed by atoms with Gasteiger partial charge in [-0.2, -0.15) is 0 Å². The number of hydrogen-bond donors (Lipinski definition) is 3. The lowest BCUT2D eigenvalue weighted by atomic mass is 9.98. The standard InChI is InChI=1S/C14H22N2O4/c17-10-5-12(13(18)19)16(7-10)14(20)15-6-11(8-1-2-8)9-3-4-9/h8-12,17H,1-7H2,(H,15,20)(H,18,19)/t10-,12-/m0/s1. The van der Waals surface area contributed by atoms with Crippen molar-refractivity contribution in [2.45, 2.75) is 44.2 Å². The highest BCUT2D eigenvalue weighted by Gasteiger charge is 2.43. The predicted molar refractivity (Wildman–Crippen MR) is 71.1 cm³/mol. The number of likely N-dealkylation sites (tertiary alicyclic amines) is 1. The number of carboxylic acid groups (broad SMARTS) is 1. The van der Waals surface area contributed by atoms with Gasteiger partial charge in [0, 0.05) is 19.5 Å². The van der Waals surface area contributed by atoms with Crippen LogP contribution in [0, 0.1) is 17.8 Å². The molecular weight excluding hydrogens is 260 g/mol. The van der Waals surface area contributed by atoms with Gasteiger partial charge in [0.25, 0.3) is 0 Å². The summed E-state index contributed by atoms with van der Waals surface area (Å²) < 4.78 is 0. The Morgan fingerprint density at radius 2 is 1.80 bits per heavy atom. The molecule has 0 aromatic heterocycles. The highest BCUT2D eigenvalue weighted by atomic mass is 16.4.